The predicted molar refractivity (Wildman–Crippen MR) is 94.8 cm³/mol. The maximum atomic E-state index is 11.5. The second kappa shape index (κ2) is 7.61. The first kappa shape index (κ1) is 18.2. The normalized spacial score (nSPS) is 11.4. The van der Waals surface area contributed by atoms with Crippen LogP contribution in [-0.2, 0) is 16.1 Å². The van der Waals surface area contributed by atoms with Gasteiger partial charge in [-0.2, -0.15) is 0 Å². The zero-order valence-corrected chi connectivity index (χ0v) is 15.1. The fourth-order valence-corrected chi connectivity index (χ4v) is 2.59. The molecule has 2 rings (SSSR count). The molecule has 0 aliphatic heterocycles. The van der Waals surface area contributed by atoms with E-state index in [4.69, 9.17) is 10.5 Å². The summed E-state index contributed by atoms with van der Waals surface area (Å²) in [5.41, 5.74) is 9.77. The van der Waals surface area contributed by atoms with E-state index in [-0.39, 0.29) is 11.8 Å². The van der Waals surface area contributed by atoms with Crippen molar-refractivity contribution >= 4 is 22.8 Å². The average Bonchev–Trinajstić information content (AvgIpc) is 2.85. The largest absolute Gasteiger partial charge is 0.382 e. The summed E-state index contributed by atoms with van der Waals surface area (Å²) in [4.78, 5) is 20.3. The number of pyridine rings is 1. The van der Waals surface area contributed by atoms with E-state index in [2.05, 4.69) is 19.9 Å². The zero-order chi connectivity index (χ0) is 17.9. The molecule has 0 atom stereocenters. The molecule has 0 radical (unpaired) electrons. The summed E-state index contributed by atoms with van der Waals surface area (Å²) in [6.45, 7) is 11.9. The Hall–Kier alpha value is -2.15. The Morgan fingerprint density at radius 1 is 1.25 bits per heavy atom. The van der Waals surface area contributed by atoms with E-state index >= 15 is 0 Å². The standard InChI is InChI=1S/C17H27N5O2/c1-10(2)17(23)19-6-8-24-9-7-22-13(5)21-14-15(22)11(3)12(4)20-16(14)18/h10H,6-9H2,1-5H3,(H2,18,20)(H,19,23). The van der Waals surface area contributed by atoms with Crippen LogP contribution in [0.4, 0.5) is 5.82 Å². The molecule has 3 N–H and O–H groups in total. The number of nitrogens with two attached hydrogens (primary N) is 1. The number of rotatable bonds is 7. The summed E-state index contributed by atoms with van der Waals surface area (Å²) in [5.74, 6) is 1.40. The van der Waals surface area contributed by atoms with Crippen molar-refractivity contribution in [3.8, 4) is 0 Å². The minimum Gasteiger partial charge on any atom is -0.382 e. The highest BCUT2D eigenvalue weighted by Gasteiger charge is 2.15. The molecule has 7 heteroatoms. The lowest BCUT2D eigenvalue weighted by atomic mass is 10.2. The quantitative estimate of drug-likeness (QED) is 0.752. The Kier molecular flexibility index (Phi) is 5.77. The lowest BCUT2D eigenvalue weighted by Crippen LogP contribution is -2.31. The number of nitrogens with one attached hydrogen (secondary N) is 1. The van der Waals surface area contributed by atoms with Gasteiger partial charge in [0.25, 0.3) is 0 Å². The van der Waals surface area contributed by atoms with E-state index in [1.54, 1.807) is 0 Å². The average molecular weight is 333 g/mol. The van der Waals surface area contributed by atoms with Crippen molar-refractivity contribution in [2.24, 2.45) is 5.92 Å². The molecule has 0 aromatic carbocycles. The first-order valence-electron chi connectivity index (χ1n) is 8.27. The van der Waals surface area contributed by atoms with Crippen molar-refractivity contribution in [1.82, 2.24) is 19.9 Å². The van der Waals surface area contributed by atoms with Gasteiger partial charge in [-0.3, -0.25) is 4.79 Å². The van der Waals surface area contributed by atoms with Gasteiger partial charge in [-0.05, 0) is 26.3 Å². The number of imidazole rings is 1. The van der Waals surface area contributed by atoms with Gasteiger partial charge in [0.15, 0.2) is 5.82 Å². The van der Waals surface area contributed by atoms with Gasteiger partial charge in [0, 0.05) is 24.7 Å². The fourth-order valence-electron chi connectivity index (χ4n) is 2.59. The minimum atomic E-state index is -0.00440. The third kappa shape index (κ3) is 3.84. The second-order valence-electron chi connectivity index (χ2n) is 6.27. The number of aryl methyl sites for hydroxylation is 3. The molecule has 2 aromatic rings. The SMILES string of the molecule is Cc1nc(N)c2nc(C)n(CCOCCNC(=O)C(C)C)c2c1C. The molecule has 1 amide bonds. The van der Waals surface area contributed by atoms with Crippen molar-refractivity contribution in [2.45, 2.75) is 41.2 Å². The van der Waals surface area contributed by atoms with Crippen LogP contribution in [-0.4, -0.2) is 40.2 Å². The molecule has 0 spiro atoms. The molecule has 7 nitrogen and oxygen atoms in total. The molecule has 0 fully saturated rings. The molecule has 2 heterocycles. The number of ether oxygens (including phenoxy) is 1. The number of fused-ring (bicyclic) bond motifs is 1. The highest BCUT2D eigenvalue weighted by Crippen LogP contribution is 2.25. The smallest absolute Gasteiger partial charge is 0.222 e. The van der Waals surface area contributed by atoms with E-state index in [1.807, 2.05) is 34.6 Å². The van der Waals surface area contributed by atoms with E-state index in [1.165, 1.54) is 0 Å². The van der Waals surface area contributed by atoms with Crippen molar-refractivity contribution in [1.29, 1.82) is 0 Å². The lowest BCUT2D eigenvalue weighted by Gasteiger charge is -2.11. The number of hydrogen-bond donors (Lipinski definition) is 2. The Labute approximate surface area is 142 Å². The summed E-state index contributed by atoms with van der Waals surface area (Å²) in [5, 5.41) is 2.83. The third-order valence-electron chi connectivity index (χ3n) is 4.12. The van der Waals surface area contributed by atoms with Crippen molar-refractivity contribution in [3.63, 3.8) is 0 Å². The van der Waals surface area contributed by atoms with E-state index in [0.29, 0.717) is 32.1 Å². The fraction of sp³-hybridized carbons (Fsp3) is 0.588. The third-order valence-corrected chi connectivity index (χ3v) is 4.12. The maximum Gasteiger partial charge on any atom is 0.222 e. The van der Waals surface area contributed by atoms with E-state index in [9.17, 15) is 4.79 Å². The van der Waals surface area contributed by atoms with Gasteiger partial charge in [0.2, 0.25) is 5.91 Å². The van der Waals surface area contributed by atoms with Crippen LogP contribution < -0.4 is 11.1 Å². The van der Waals surface area contributed by atoms with Crippen LogP contribution in [0, 0.1) is 26.7 Å². The highest BCUT2D eigenvalue weighted by atomic mass is 16.5. The number of aromatic nitrogens is 3. The van der Waals surface area contributed by atoms with Gasteiger partial charge in [-0.1, -0.05) is 13.8 Å². The Morgan fingerprint density at radius 3 is 2.62 bits per heavy atom. The van der Waals surface area contributed by atoms with E-state index in [0.717, 1.165) is 28.1 Å². The number of hydrogen-bond acceptors (Lipinski definition) is 5. The molecule has 0 saturated carbocycles. The van der Waals surface area contributed by atoms with Crippen LogP contribution in [0.25, 0.3) is 11.0 Å². The number of carbonyl (C=O) groups excluding carboxylic acids is 1. The summed E-state index contributed by atoms with van der Waals surface area (Å²) < 4.78 is 7.74. The predicted octanol–water partition coefficient (Wildman–Crippen LogP) is 1.73. The number of amides is 1. The van der Waals surface area contributed by atoms with Gasteiger partial charge in [-0.25, -0.2) is 9.97 Å². The lowest BCUT2D eigenvalue weighted by molar-refractivity contribution is -0.124. The topological polar surface area (TPSA) is 95.1 Å². The minimum absolute atomic E-state index is 0.00440. The number of nitrogens with zero attached hydrogens (tertiary/aromatic N) is 3. The molecule has 24 heavy (non-hydrogen) atoms. The summed E-state index contributed by atoms with van der Waals surface area (Å²) in [6, 6.07) is 0. The molecule has 0 unspecified atom stereocenters. The van der Waals surface area contributed by atoms with Gasteiger partial charge in [-0.15, -0.1) is 0 Å². The summed E-state index contributed by atoms with van der Waals surface area (Å²) in [7, 11) is 0. The first-order valence-corrected chi connectivity index (χ1v) is 8.27. The van der Waals surface area contributed by atoms with Crippen LogP contribution in [0.5, 0.6) is 0 Å². The second-order valence-corrected chi connectivity index (χ2v) is 6.27. The van der Waals surface area contributed by atoms with Crippen LogP contribution in [0.2, 0.25) is 0 Å². The first-order chi connectivity index (χ1) is 11.3. The number of anilines is 1. The number of nitrogen functional groups attached to an aromatic ring is 1. The van der Waals surface area contributed by atoms with Crippen molar-refractivity contribution in [2.75, 3.05) is 25.5 Å². The van der Waals surface area contributed by atoms with Gasteiger partial charge < -0.3 is 20.4 Å². The Bertz CT molecular complexity index is 736. The van der Waals surface area contributed by atoms with E-state index < -0.39 is 0 Å². The molecule has 132 valence electrons. The van der Waals surface area contributed by atoms with Crippen molar-refractivity contribution in [3.05, 3.63) is 17.1 Å². The molecular formula is C17H27N5O2. The molecule has 0 aliphatic carbocycles. The molecule has 0 bridgehead atoms. The molecule has 0 saturated heterocycles. The maximum absolute atomic E-state index is 11.5. The van der Waals surface area contributed by atoms with Crippen molar-refractivity contribution < 1.29 is 9.53 Å². The van der Waals surface area contributed by atoms with Crippen LogP contribution in [0.3, 0.4) is 0 Å². The molecule has 2 aromatic heterocycles. The van der Waals surface area contributed by atoms with Crippen LogP contribution in [0.1, 0.15) is 30.9 Å². The Balaban J connectivity index is 1.96. The Morgan fingerprint density at radius 2 is 1.96 bits per heavy atom. The summed E-state index contributed by atoms with van der Waals surface area (Å²) >= 11 is 0. The van der Waals surface area contributed by atoms with Crippen LogP contribution in [0.15, 0.2) is 0 Å². The molecule has 0 aliphatic rings. The monoisotopic (exact) mass is 333 g/mol. The van der Waals surface area contributed by atoms with Crippen LogP contribution >= 0.6 is 0 Å². The number of carbonyl (C=O) groups is 1. The van der Waals surface area contributed by atoms with Gasteiger partial charge in [0.1, 0.15) is 11.3 Å². The highest BCUT2D eigenvalue weighted by molar-refractivity contribution is 5.88. The van der Waals surface area contributed by atoms with Gasteiger partial charge in [0.05, 0.1) is 18.7 Å². The van der Waals surface area contributed by atoms with Gasteiger partial charge >= 0.3 is 0 Å². The summed E-state index contributed by atoms with van der Waals surface area (Å²) in [6.07, 6.45) is 0. The zero-order valence-electron chi connectivity index (χ0n) is 15.1. The molecular weight excluding hydrogens is 306 g/mol.